The number of nitrogens with one attached hydrogen (secondary N) is 1. The normalized spacial score (nSPS) is 24.1. The fourth-order valence-electron chi connectivity index (χ4n) is 10.1. The number of hydrogen-bond donors (Lipinski definition) is 9. The van der Waals surface area contributed by atoms with Crippen LogP contribution in [0.5, 0.6) is 0 Å². The zero-order chi connectivity index (χ0) is 63.8. The molecule has 2 aliphatic heterocycles. The van der Waals surface area contributed by atoms with Gasteiger partial charge in [0.25, 0.3) is 0 Å². The highest BCUT2D eigenvalue weighted by Crippen LogP contribution is 2.30. The van der Waals surface area contributed by atoms with Crippen LogP contribution >= 0.6 is 0 Å². The van der Waals surface area contributed by atoms with Gasteiger partial charge in [0.2, 0.25) is 5.91 Å². The van der Waals surface area contributed by atoms with Crippen molar-refractivity contribution in [3.63, 3.8) is 0 Å². The van der Waals surface area contributed by atoms with Crippen molar-refractivity contribution in [1.82, 2.24) is 5.32 Å². The summed E-state index contributed by atoms with van der Waals surface area (Å²) in [6, 6.07) is -0.944. The lowest BCUT2D eigenvalue weighted by Crippen LogP contribution is -2.65. The number of amides is 1. The summed E-state index contributed by atoms with van der Waals surface area (Å²) in [5, 5.41) is 87.3. The van der Waals surface area contributed by atoms with Gasteiger partial charge in [-0.25, -0.2) is 0 Å². The standard InChI is InChI=1S/C74H121NO13/c1-3-5-7-9-11-13-15-17-19-21-22-23-24-25-26-27-28-29-30-31-32-33-34-35-36-37-38-39-40-42-44-46-48-50-52-54-56-58-66(79)75-62(63(78)57-55-53-51-49-47-45-43-41-20-18-16-14-12-10-8-6-4-2)61-85-73-71(84)69(82)72(65(60-77)87-73)88-74-70(83)68(81)67(80)64(59-76)86-74/h5,7,11,13,17,19,22-23,25-26,28-29,31-32,34-35,37-38,40,42,46,48,55,57,62-65,67-74,76-78,80-84H,3-4,6,8-10,12,14-16,18,20-21,24,27,30,33,36,39,41,43-45,47,49-54,56,58-61H2,1-2H3,(H,75,79)/b7-5-,13-11-,19-17-,23-22-,26-25-,29-28-,32-31-,35-34-,38-37-,42-40-,48-46-,57-55+. The van der Waals surface area contributed by atoms with Crippen LogP contribution in [0, 0.1) is 0 Å². The van der Waals surface area contributed by atoms with Gasteiger partial charge in [0, 0.05) is 6.42 Å². The van der Waals surface area contributed by atoms with Crippen LogP contribution in [0.2, 0.25) is 0 Å². The molecule has 0 aromatic rings. The average molecular weight is 1230 g/mol. The largest absolute Gasteiger partial charge is 0.394 e. The molecule has 14 nitrogen and oxygen atoms in total. The molecule has 12 unspecified atom stereocenters. The van der Waals surface area contributed by atoms with Crippen molar-refractivity contribution in [3.8, 4) is 0 Å². The Balaban J connectivity index is 1.70. The minimum atomic E-state index is -1.80. The van der Waals surface area contributed by atoms with E-state index in [-0.39, 0.29) is 18.9 Å². The molecule has 500 valence electrons. The average Bonchev–Trinajstić information content (AvgIpc) is 2.07. The van der Waals surface area contributed by atoms with E-state index in [2.05, 4.69) is 153 Å². The van der Waals surface area contributed by atoms with Gasteiger partial charge in [-0.2, -0.15) is 0 Å². The Bertz CT molecular complexity index is 2040. The third kappa shape index (κ3) is 40.6. The van der Waals surface area contributed by atoms with E-state index >= 15 is 0 Å². The third-order valence-electron chi connectivity index (χ3n) is 15.5. The lowest BCUT2D eigenvalue weighted by Gasteiger charge is -2.46. The third-order valence-corrected chi connectivity index (χ3v) is 15.5. The fraction of sp³-hybridized carbons (Fsp3) is 0.662. The first kappa shape index (κ1) is 80.0. The zero-order valence-corrected chi connectivity index (χ0v) is 54.2. The molecule has 1 amide bonds. The predicted molar refractivity (Wildman–Crippen MR) is 359 cm³/mol. The molecule has 2 saturated heterocycles. The van der Waals surface area contributed by atoms with Gasteiger partial charge in [-0.05, 0) is 103 Å². The molecule has 88 heavy (non-hydrogen) atoms. The van der Waals surface area contributed by atoms with Crippen molar-refractivity contribution < 1.29 is 64.6 Å². The maximum atomic E-state index is 13.3. The maximum Gasteiger partial charge on any atom is 0.220 e. The van der Waals surface area contributed by atoms with Gasteiger partial charge < -0.3 is 65.1 Å². The van der Waals surface area contributed by atoms with Crippen LogP contribution in [-0.2, 0) is 23.7 Å². The second kappa shape index (κ2) is 56.8. The number of aliphatic hydroxyl groups excluding tert-OH is 8. The number of rotatable bonds is 53. The number of carbonyl (C=O) groups is 1. The van der Waals surface area contributed by atoms with Crippen LogP contribution in [0.4, 0.5) is 0 Å². The number of carbonyl (C=O) groups excluding carboxylic acids is 1. The van der Waals surface area contributed by atoms with E-state index in [1.807, 2.05) is 6.08 Å². The molecule has 2 rings (SSSR count). The van der Waals surface area contributed by atoms with Gasteiger partial charge in [-0.15, -0.1) is 0 Å². The first-order chi connectivity index (χ1) is 43.1. The van der Waals surface area contributed by atoms with E-state index in [1.54, 1.807) is 6.08 Å². The Hall–Kier alpha value is -4.13. The van der Waals surface area contributed by atoms with E-state index in [0.29, 0.717) is 6.42 Å². The molecule has 2 aliphatic rings. The fourth-order valence-corrected chi connectivity index (χ4v) is 10.1. The number of unbranched alkanes of at least 4 members (excludes halogenated alkanes) is 18. The molecule has 12 atom stereocenters. The van der Waals surface area contributed by atoms with Gasteiger partial charge in [0.1, 0.15) is 48.8 Å². The molecule has 14 heteroatoms. The molecule has 0 saturated carbocycles. The maximum absolute atomic E-state index is 13.3. The molecule has 9 N–H and O–H groups in total. The second-order valence-electron chi connectivity index (χ2n) is 23.2. The highest BCUT2D eigenvalue weighted by molar-refractivity contribution is 5.76. The summed E-state index contributed by atoms with van der Waals surface area (Å²) in [7, 11) is 0. The molecular formula is C74H121NO13. The second-order valence-corrected chi connectivity index (χ2v) is 23.2. The molecule has 0 aromatic heterocycles. The van der Waals surface area contributed by atoms with Crippen LogP contribution in [0.1, 0.15) is 219 Å². The monoisotopic (exact) mass is 1230 g/mol. The Kier molecular flexibility index (Phi) is 51.6. The highest BCUT2D eigenvalue weighted by atomic mass is 16.7. The van der Waals surface area contributed by atoms with E-state index < -0.39 is 86.8 Å². The molecule has 0 aliphatic carbocycles. The molecule has 0 bridgehead atoms. The smallest absolute Gasteiger partial charge is 0.220 e. The first-order valence-corrected chi connectivity index (χ1v) is 34.1. The van der Waals surface area contributed by atoms with Gasteiger partial charge in [0.05, 0.1) is 32.0 Å². The van der Waals surface area contributed by atoms with Gasteiger partial charge in [0.15, 0.2) is 12.6 Å². The van der Waals surface area contributed by atoms with Crippen molar-refractivity contribution in [1.29, 1.82) is 0 Å². The molecule has 0 aromatic carbocycles. The SMILES string of the molecule is CC/C=C\C/C=C\C/C=C\C/C=C\C/C=C\C/C=C\C/C=C\C/C=C\C/C=C\C/C=C\C/C=C\CCCCCC(=O)NC(COC1OC(CO)C(OC2OC(CO)C(O)C(O)C2O)C(O)C1O)C(O)/C=C/CCCCCCCCCCCCCCCCC. The summed E-state index contributed by atoms with van der Waals surface area (Å²) in [5.74, 6) is -0.277. The number of ether oxygens (including phenoxy) is 4. The lowest BCUT2D eigenvalue weighted by molar-refractivity contribution is -0.359. The molecule has 2 fully saturated rings. The molecule has 0 radical (unpaired) electrons. The summed E-state index contributed by atoms with van der Waals surface area (Å²) in [5.41, 5.74) is 0. The van der Waals surface area contributed by atoms with Crippen molar-refractivity contribution >= 4 is 5.91 Å². The summed E-state index contributed by atoms with van der Waals surface area (Å²) in [6.45, 7) is 2.65. The van der Waals surface area contributed by atoms with Gasteiger partial charge >= 0.3 is 0 Å². The Morgan fingerprint density at radius 3 is 1.20 bits per heavy atom. The van der Waals surface area contributed by atoms with Gasteiger partial charge in [-0.1, -0.05) is 256 Å². The summed E-state index contributed by atoms with van der Waals surface area (Å²) >= 11 is 0. The number of hydrogen-bond acceptors (Lipinski definition) is 13. The first-order valence-electron chi connectivity index (χ1n) is 34.1. The minimum Gasteiger partial charge on any atom is -0.394 e. The predicted octanol–water partition coefficient (Wildman–Crippen LogP) is 13.7. The topological polar surface area (TPSA) is 228 Å². The Labute approximate surface area is 532 Å². The highest BCUT2D eigenvalue weighted by Gasteiger charge is 2.51. The minimum absolute atomic E-state index is 0.232. The van der Waals surface area contributed by atoms with E-state index in [0.717, 1.165) is 116 Å². The summed E-state index contributed by atoms with van der Waals surface area (Å²) in [4.78, 5) is 13.3. The van der Waals surface area contributed by atoms with Crippen LogP contribution in [0.3, 0.4) is 0 Å². The van der Waals surface area contributed by atoms with E-state index in [1.165, 1.54) is 77.0 Å². The van der Waals surface area contributed by atoms with E-state index in [9.17, 15) is 45.6 Å². The van der Waals surface area contributed by atoms with Crippen molar-refractivity contribution in [2.75, 3.05) is 19.8 Å². The molecule has 0 spiro atoms. The zero-order valence-electron chi connectivity index (χ0n) is 54.2. The number of aliphatic hydroxyl groups is 8. The van der Waals surface area contributed by atoms with E-state index in [4.69, 9.17) is 18.9 Å². The molecular weight excluding hydrogens is 1110 g/mol. The quantitative estimate of drug-likeness (QED) is 0.0204. The lowest BCUT2D eigenvalue weighted by atomic mass is 9.97. The Morgan fingerprint density at radius 2 is 0.784 bits per heavy atom. The summed E-state index contributed by atoms with van der Waals surface area (Å²) in [6.07, 6.45) is 68.9. The van der Waals surface area contributed by atoms with Crippen LogP contribution in [-0.4, -0.2) is 140 Å². The van der Waals surface area contributed by atoms with Gasteiger partial charge in [-0.3, -0.25) is 4.79 Å². The van der Waals surface area contributed by atoms with Crippen LogP contribution < -0.4 is 5.32 Å². The van der Waals surface area contributed by atoms with Crippen molar-refractivity contribution in [3.05, 3.63) is 146 Å². The Morgan fingerprint density at radius 1 is 0.420 bits per heavy atom. The molecule has 2 heterocycles. The number of allylic oxidation sites excluding steroid dienone is 23. The van der Waals surface area contributed by atoms with Crippen LogP contribution in [0.25, 0.3) is 0 Å². The van der Waals surface area contributed by atoms with Crippen LogP contribution in [0.15, 0.2) is 146 Å². The van der Waals surface area contributed by atoms with Crippen molar-refractivity contribution in [2.24, 2.45) is 0 Å². The summed E-state index contributed by atoms with van der Waals surface area (Å²) < 4.78 is 22.8. The van der Waals surface area contributed by atoms with Crippen molar-refractivity contribution in [2.45, 2.75) is 293 Å².